The molecule has 2 aliphatic heterocycles. The Morgan fingerprint density at radius 2 is 1.69 bits per heavy atom. The number of hydrogen-bond donors (Lipinski definition) is 0. The van der Waals surface area contributed by atoms with E-state index in [1.807, 2.05) is 18.2 Å². The lowest BCUT2D eigenvalue weighted by Gasteiger charge is -2.38. The summed E-state index contributed by atoms with van der Waals surface area (Å²) in [7, 11) is 0. The highest BCUT2D eigenvalue weighted by Crippen LogP contribution is 2.28. The number of carbonyl (C=O) groups excluding carboxylic acids is 1. The van der Waals surface area contributed by atoms with Crippen LogP contribution in [0.1, 0.15) is 12.5 Å². The Morgan fingerprint density at radius 3 is 2.28 bits per heavy atom. The summed E-state index contributed by atoms with van der Waals surface area (Å²) >= 11 is 6.25. The van der Waals surface area contributed by atoms with Crippen LogP contribution in [0.25, 0.3) is 0 Å². The molecule has 0 N–H and O–H groups in total. The van der Waals surface area contributed by atoms with Crippen molar-refractivity contribution in [1.29, 1.82) is 0 Å². The highest BCUT2D eigenvalue weighted by molar-refractivity contribution is 6.30. The Hall–Kier alpha value is -1.78. The highest BCUT2D eigenvalue weighted by atomic mass is 35.5. The third-order valence-electron chi connectivity index (χ3n) is 5.92. The first-order valence-corrected chi connectivity index (χ1v) is 11.1. The smallest absolute Gasteiger partial charge is 0.425 e. The van der Waals surface area contributed by atoms with Crippen LogP contribution in [0.4, 0.5) is 28.0 Å². The molecule has 1 aromatic carbocycles. The maximum Gasteiger partial charge on any atom is 0.425 e. The normalized spacial score (nSPS) is 19.8. The van der Waals surface area contributed by atoms with Gasteiger partial charge in [0, 0.05) is 76.2 Å². The molecule has 2 fully saturated rings. The van der Waals surface area contributed by atoms with E-state index in [4.69, 9.17) is 11.6 Å². The first-order chi connectivity index (χ1) is 15.2. The van der Waals surface area contributed by atoms with Crippen LogP contribution in [0.15, 0.2) is 18.2 Å². The Balaban J connectivity index is 1.56. The van der Waals surface area contributed by atoms with E-state index in [2.05, 4.69) is 19.4 Å². The quantitative estimate of drug-likeness (QED) is 0.581. The van der Waals surface area contributed by atoms with Gasteiger partial charge in [0.05, 0.1) is 0 Å². The minimum absolute atomic E-state index is 0.300. The predicted molar refractivity (Wildman–Crippen MR) is 115 cm³/mol. The number of carbonyl (C=O) groups is 1. The fraction of sp³-hybridized carbons (Fsp3) is 0.667. The molecule has 0 bridgehead atoms. The Bertz CT molecular complexity index is 767. The highest BCUT2D eigenvalue weighted by Gasteiger charge is 2.40. The molecule has 2 aliphatic rings. The maximum atomic E-state index is 12.6. The van der Waals surface area contributed by atoms with Gasteiger partial charge >= 0.3 is 12.3 Å². The summed E-state index contributed by atoms with van der Waals surface area (Å²) in [5, 5.41) is 0.640. The molecule has 1 atom stereocenters. The second-order valence-corrected chi connectivity index (χ2v) is 8.56. The van der Waals surface area contributed by atoms with Crippen molar-refractivity contribution in [3.05, 3.63) is 28.8 Å². The molecule has 0 aromatic heterocycles. The third kappa shape index (κ3) is 6.62. The predicted octanol–water partition coefficient (Wildman–Crippen LogP) is 3.64. The SMILES string of the molecule is CC(OC(=O)N1CCN(Cc2ccc(Cl)cc2N2CCN(CCF)CC2)CC1)C(F)(F)F. The van der Waals surface area contributed by atoms with Crippen molar-refractivity contribution >= 4 is 23.4 Å². The van der Waals surface area contributed by atoms with E-state index in [-0.39, 0.29) is 6.67 Å². The number of anilines is 1. The molecule has 2 heterocycles. The van der Waals surface area contributed by atoms with Gasteiger partial charge < -0.3 is 14.5 Å². The van der Waals surface area contributed by atoms with E-state index in [1.165, 1.54) is 4.90 Å². The molecule has 3 rings (SSSR count). The van der Waals surface area contributed by atoms with Gasteiger partial charge in [-0.25, -0.2) is 9.18 Å². The molecule has 32 heavy (non-hydrogen) atoms. The standard InChI is InChI=1S/C21H29ClF4N4O2/c1-16(21(24,25)26)32-20(31)30-12-8-28(9-13-30)15-17-2-3-18(22)14-19(17)29-10-6-27(5-4-23)7-11-29/h2-3,14,16H,4-13,15H2,1H3. The number of ether oxygens (including phenoxy) is 1. The Morgan fingerprint density at radius 1 is 1.06 bits per heavy atom. The lowest BCUT2D eigenvalue weighted by atomic mass is 10.1. The molecule has 11 heteroatoms. The van der Waals surface area contributed by atoms with Crippen molar-refractivity contribution in [1.82, 2.24) is 14.7 Å². The van der Waals surface area contributed by atoms with E-state index in [0.29, 0.717) is 44.3 Å². The monoisotopic (exact) mass is 480 g/mol. The van der Waals surface area contributed by atoms with Crippen LogP contribution in [0.2, 0.25) is 5.02 Å². The lowest BCUT2D eigenvalue weighted by molar-refractivity contribution is -0.200. The molecule has 1 amide bonds. The molecule has 6 nitrogen and oxygen atoms in total. The molecule has 0 radical (unpaired) electrons. The van der Waals surface area contributed by atoms with Gasteiger partial charge in [0.1, 0.15) is 6.67 Å². The molecule has 180 valence electrons. The second kappa shape index (κ2) is 10.9. The van der Waals surface area contributed by atoms with Gasteiger partial charge in [0.15, 0.2) is 6.10 Å². The average molecular weight is 481 g/mol. The summed E-state index contributed by atoms with van der Waals surface area (Å²) in [4.78, 5) is 19.8. The fourth-order valence-corrected chi connectivity index (χ4v) is 4.09. The van der Waals surface area contributed by atoms with Crippen LogP contribution in [-0.4, -0.2) is 98.7 Å². The van der Waals surface area contributed by atoms with Gasteiger partial charge in [-0.2, -0.15) is 13.2 Å². The van der Waals surface area contributed by atoms with Crippen molar-refractivity contribution in [2.45, 2.75) is 25.7 Å². The summed E-state index contributed by atoms with van der Waals surface area (Å²) in [5.41, 5.74) is 2.13. The minimum Gasteiger partial charge on any atom is -0.437 e. The first kappa shape index (κ1) is 24.9. The molecule has 1 aromatic rings. The number of alkyl halides is 4. The van der Waals surface area contributed by atoms with Crippen molar-refractivity contribution in [3.63, 3.8) is 0 Å². The van der Waals surface area contributed by atoms with E-state index >= 15 is 0 Å². The van der Waals surface area contributed by atoms with Crippen molar-refractivity contribution in [3.8, 4) is 0 Å². The Kier molecular flexibility index (Phi) is 8.46. The van der Waals surface area contributed by atoms with E-state index in [1.54, 1.807) is 0 Å². The lowest BCUT2D eigenvalue weighted by Crippen LogP contribution is -2.50. The van der Waals surface area contributed by atoms with Crippen LogP contribution in [0.5, 0.6) is 0 Å². The van der Waals surface area contributed by atoms with Gasteiger partial charge in [0.2, 0.25) is 0 Å². The van der Waals surface area contributed by atoms with Crippen LogP contribution >= 0.6 is 11.6 Å². The molecule has 2 saturated heterocycles. The van der Waals surface area contributed by atoms with Gasteiger partial charge in [-0.05, 0) is 24.6 Å². The van der Waals surface area contributed by atoms with E-state index < -0.39 is 18.4 Å². The van der Waals surface area contributed by atoms with Crippen molar-refractivity contribution in [2.24, 2.45) is 0 Å². The zero-order chi connectivity index (χ0) is 23.3. The summed E-state index contributed by atoms with van der Waals surface area (Å²) in [6.45, 7) is 6.36. The average Bonchev–Trinajstić information content (AvgIpc) is 2.75. The van der Waals surface area contributed by atoms with Crippen LogP contribution in [0, 0.1) is 0 Å². The van der Waals surface area contributed by atoms with E-state index in [0.717, 1.165) is 44.4 Å². The summed E-state index contributed by atoms with van der Waals surface area (Å²) in [6.07, 6.45) is -7.64. The van der Waals surface area contributed by atoms with Gasteiger partial charge in [-0.1, -0.05) is 17.7 Å². The summed E-state index contributed by atoms with van der Waals surface area (Å²) in [6, 6.07) is 5.76. The van der Waals surface area contributed by atoms with Crippen LogP contribution in [0.3, 0.4) is 0 Å². The molecule has 0 saturated carbocycles. The third-order valence-corrected chi connectivity index (χ3v) is 6.16. The number of amides is 1. The van der Waals surface area contributed by atoms with Crippen molar-refractivity contribution < 1.29 is 27.1 Å². The van der Waals surface area contributed by atoms with Crippen LogP contribution in [-0.2, 0) is 11.3 Å². The number of rotatable bonds is 6. The molecule has 0 aliphatic carbocycles. The maximum absolute atomic E-state index is 12.6. The fourth-order valence-electron chi connectivity index (χ4n) is 3.92. The van der Waals surface area contributed by atoms with Crippen molar-refractivity contribution in [2.75, 3.05) is 70.5 Å². The molecule has 0 spiro atoms. The molecular weight excluding hydrogens is 452 g/mol. The molecular formula is C21H29ClF4N4O2. The largest absolute Gasteiger partial charge is 0.437 e. The van der Waals surface area contributed by atoms with Gasteiger partial charge in [-0.3, -0.25) is 9.80 Å². The number of halogens is 5. The zero-order valence-electron chi connectivity index (χ0n) is 18.1. The summed E-state index contributed by atoms with van der Waals surface area (Å²) < 4.78 is 55.0. The first-order valence-electron chi connectivity index (χ1n) is 10.7. The minimum atomic E-state index is -4.57. The van der Waals surface area contributed by atoms with Gasteiger partial charge in [-0.15, -0.1) is 0 Å². The van der Waals surface area contributed by atoms with Gasteiger partial charge in [0.25, 0.3) is 0 Å². The number of nitrogens with zero attached hydrogens (tertiary/aromatic N) is 4. The number of piperazine rings is 2. The van der Waals surface area contributed by atoms with E-state index in [9.17, 15) is 22.4 Å². The zero-order valence-corrected chi connectivity index (χ0v) is 18.8. The number of benzene rings is 1. The Labute approximate surface area is 190 Å². The molecule has 1 unspecified atom stereocenters. The number of hydrogen-bond acceptors (Lipinski definition) is 5. The topological polar surface area (TPSA) is 39.3 Å². The van der Waals surface area contributed by atoms with Crippen LogP contribution < -0.4 is 4.90 Å². The second-order valence-electron chi connectivity index (χ2n) is 8.12. The summed E-state index contributed by atoms with van der Waals surface area (Å²) in [5.74, 6) is 0.